The molecule has 1 aromatic rings. The summed E-state index contributed by atoms with van der Waals surface area (Å²) in [6, 6.07) is 11.8. The summed E-state index contributed by atoms with van der Waals surface area (Å²) < 4.78 is 0. The highest BCUT2D eigenvalue weighted by Gasteiger charge is 2.17. The first-order valence-corrected chi connectivity index (χ1v) is 4.75. The van der Waals surface area contributed by atoms with Crippen LogP contribution in [0, 0.1) is 11.3 Å². The van der Waals surface area contributed by atoms with Crippen molar-refractivity contribution in [3.63, 3.8) is 0 Å². The van der Waals surface area contributed by atoms with Gasteiger partial charge in [0.25, 0.3) is 0 Å². The van der Waals surface area contributed by atoms with Gasteiger partial charge in [0.15, 0.2) is 0 Å². The molecular weight excluding hydrogens is 172 g/mol. The number of nitrogens with one attached hydrogen (secondary N) is 1. The molecule has 0 amide bonds. The van der Waals surface area contributed by atoms with Crippen molar-refractivity contribution in [2.45, 2.75) is 32.4 Å². The van der Waals surface area contributed by atoms with Gasteiger partial charge in [-0.15, -0.1) is 0 Å². The van der Waals surface area contributed by atoms with Crippen LogP contribution in [0.2, 0.25) is 0 Å². The zero-order valence-corrected chi connectivity index (χ0v) is 8.91. The molecule has 2 heteroatoms. The summed E-state index contributed by atoms with van der Waals surface area (Å²) >= 11 is 0. The third-order valence-corrected chi connectivity index (χ3v) is 1.84. The molecule has 0 saturated heterocycles. The molecule has 14 heavy (non-hydrogen) atoms. The number of nitrogens with zero attached hydrogens (tertiary/aromatic N) is 1. The minimum absolute atomic E-state index is 0.0454. The molecule has 0 unspecified atom stereocenters. The van der Waals surface area contributed by atoms with E-state index in [4.69, 9.17) is 5.26 Å². The van der Waals surface area contributed by atoms with Gasteiger partial charge in [0, 0.05) is 5.54 Å². The Bertz CT molecular complexity index is 316. The molecule has 0 bridgehead atoms. The maximum atomic E-state index is 9.03. The van der Waals surface area contributed by atoms with Crippen molar-refractivity contribution < 1.29 is 0 Å². The Labute approximate surface area is 85.6 Å². The van der Waals surface area contributed by atoms with Crippen LogP contribution in [0.4, 0.5) is 0 Å². The van der Waals surface area contributed by atoms with Gasteiger partial charge in [-0.1, -0.05) is 30.3 Å². The fourth-order valence-electron chi connectivity index (χ4n) is 1.27. The number of hydrogen-bond donors (Lipinski definition) is 1. The van der Waals surface area contributed by atoms with Crippen molar-refractivity contribution >= 4 is 0 Å². The lowest BCUT2D eigenvalue weighted by atomic mass is 10.0. The molecule has 0 heterocycles. The van der Waals surface area contributed by atoms with E-state index < -0.39 is 0 Å². The van der Waals surface area contributed by atoms with Crippen LogP contribution in [0.5, 0.6) is 0 Å². The van der Waals surface area contributed by atoms with Crippen molar-refractivity contribution in [3.05, 3.63) is 35.9 Å². The van der Waals surface area contributed by atoms with Gasteiger partial charge in [0.05, 0.1) is 6.07 Å². The quantitative estimate of drug-likeness (QED) is 0.774. The Hall–Kier alpha value is -1.33. The number of rotatable bonds is 2. The number of nitriles is 1. The predicted octanol–water partition coefficient (Wildman–Crippen LogP) is 2.64. The van der Waals surface area contributed by atoms with E-state index in [-0.39, 0.29) is 11.6 Å². The topological polar surface area (TPSA) is 35.8 Å². The third-order valence-electron chi connectivity index (χ3n) is 1.84. The first-order valence-electron chi connectivity index (χ1n) is 4.75. The van der Waals surface area contributed by atoms with E-state index in [0.717, 1.165) is 5.56 Å². The largest absolute Gasteiger partial charge is 0.293 e. The molecule has 1 aromatic carbocycles. The first-order chi connectivity index (χ1) is 6.53. The second kappa shape index (κ2) is 4.26. The minimum atomic E-state index is -0.226. The van der Waals surface area contributed by atoms with Crippen LogP contribution in [0.25, 0.3) is 0 Å². The zero-order valence-electron chi connectivity index (χ0n) is 8.91. The molecule has 0 radical (unpaired) electrons. The van der Waals surface area contributed by atoms with E-state index in [2.05, 4.69) is 32.2 Å². The molecule has 1 rings (SSSR count). The zero-order chi connectivity index (χ0) is 10.6. The Morgan fingerprint density at radius 3 is 2.21 bits per heavy atom. The lowest BCUT2D eigenvalue weighted by Gasteiger charge is -2.24. The maximum Gasteiger partial charge on any atom is 0.121 e. The highest BCUT2D eigenvalue weighted by Crippen LogP contribution is 2.15. The molecular formula is C12H16N2. The number of hydrogen-bond acceptors (Lipinski definition) is 2. The molecule has 74 valence electrons. The van der Waals surface area contributed by atoms with E-state index in [9.17, 15) is 0 Å². The summed E-state index contributed by atoms with van der Waals surface area (Å²) in [6.45, 7) is 6.17. The minimum Gasteiger partial charge on any atom is -0.293 e. The lowest BCUT2D eigenvalue weighted by Crippen LogP contribution is -2.38. The van der Waals surface area contributed by atoms with E-state index in [1.807, 2.05) is 30.3 Å². The summed E-state index contributed by atoms with van der Waals surface area (Å²) in [6.07, 6.45) is 0. The van der Waals surface area contributed by atoms with Gasteiger partial charge in [0.2, 0.25) is 0 Å². The van der Waals surface area contributed by atoms with E-state index in [1.165, 1.54) is 0 Å². The Morgan fingerprint density at radius 2 is 1.79 bits per heavy atom. The third kappa shape index (κ3) is 3.20. The lowest BCUT2D eigenvalue weighted by molar-refractivity contribution is 0.400. The van der Waals surface area contributed by atoms with Crippen LogP contribution in [0.1, 0.15) is 32.4 Å². The van der Waals surface area contributed by atoms with Crippen LogP contribution in [-0.4, -0.2) is 5.54 Å². The van der Waals surface area contributed by atoms with Crippen LogP contribution in [0.3, 0.4) is 0 Å². The predicted molar refractivity (Wildman–Crippen MR) is 57.7 cm³/mol. The van der Waals surface area contributed by atoms with Crippen LogP contribution >= 0.6 is 0 Å². The summed E-state index contributed by atoms with van der Waals surface area (Å²) in [7, 11) is 0. The monoisotopic (exact) mass is 188 g/mol. The summed E-state index contributed by atoms with van der Waals surface area (Å²) in [4.78, 5) is 0. The van der Waals surface area contributed by atoms with Gasteiger partial charge in [-0.2, -0.15) is 5.26 Å². The SMILES string of the molecule is CC(C)(C)N[C@@H](C#N)c1ccccc1. The van der Waals surface area contributed by atoms with Crippen LogP contribution in [0.15, 0.2) is 30.3 Å². The Morgan fingerprint density at radius 1 is 1.21 bits per heavy atom. The van der Waals surface area contributed by atoms with Gasteiger partial charge in [0.1, 0.15) is 6.04 Å². The molecule has 0 fully saturated rings. The average Bonchev–Trinajstić information content (AvgIpc) is 2.14. The van der Waals surface area contributed by atoms with Crippen molar-refractivity contribution in [2.24, 2.45) is 0 Å². The van der Waals surface area contributed by atoms with Gasteiger partial charge in [-0.25, -0.2) is 0 Å². The first kappa shape index (κ1) is 10.7. The fourth-order valence-corrected chi connectivity index (χ4v) is 1.27. The smallest absolute Gasteiger partial charge is 0.121 e. The molecule has 1 atom stereocenters. The van der Waals surface area contributed by atoms with E-state index >= 15 is 0 Å². The second-order valence-corrected chi connectivity index (χ2v) is 4.37. The molecule has 0 aromatic heterocycles. The summed E-state index contributed by atoms with van der Waals surface area (Å²) in [5.41, 5.74) is 0.973. The normalized spacial score (nSPS) is 13.3. The summed E-state index contributed by atoms with van der Waals surface area (Å²) in [5, 5.41) is 12.3. The molecule has 1 N–H and O–H groups in total. The average molecular weight is 188 g/mol. The second-order valence-electron chi connectivity index (χ2n) is 4.37. The van der Waals surface area contributed by atoms with E-state index in [1.54, 1.807) is 0 Å². The molecule has 0 aliphatic rings. The molecule has 0 spiro atoms. The standard InChI is InChI=1S/C12H16N2/c1-12(2,3)14-11(9-13)10-7-5-4-6-8-10/h4-8,11,14H,1-3H3/t11-/m0/s1. The fraction of sp³-hybridized carbons (Fsp3) is 0.417. The van der Waals surface area contributed by atoms with Crippen molar-refractivity contribution in [1.82, 2.24) is 5.32 Å². The molecule has 0 aliphatic heterocycles. The van der Waals surface area contributed by atoms with Crippen LogP contribution < -0.4 is 5.32 Å². The molecule has 0 aliphatic carbocycles. The van der Waals surface area contributed by atoms with E-state index in [0.29, 0.717) is 0 Å². The van der Waals surface area contributed by atoms with Gasteiger partial charge >= 0.3 is 0 Å². The number of benzene rings is 1. The van der Waals surface area contributed by atoms with Crippen LogP contribution in [-0.2, 0) is 0 Å². The van der Waals surface area contributed by atoms with Crippen molar-refractivity contribution in [1.29, 1.82) is 5.26 Å². The van der Waals surface area contributed by atoms with Gasteiger partial charge in [-0.05, 0) is 26.3 Å². The van der Waals surface area contributed by atoms with Crippen molar-refractivity contribution in [2.75, 3.05) is 0 Å². The van der Waals surface area contributed by atoms with Gasteiger partial charge < -0.3 is 0 Å². The highest BCUT2D eigenvalue weighted by atomic mass is 15.0. The Balaban J connectivity index is 2.80. The summed E-state index contributed by atoms with van der Waals surface area (Å²) in [5.74, 6) is 0. The Kier molecular flexibility index (Phi) is 3.27. The highest BCUT2D eigenvalue weighted by molar-refractivity contribution is 5.24. The molecule has 2 nitrogen and oxygen atoms in total. The maximum absolute atomic E-state index is 9.03. The molecule has 0 saturated carbocycles. The van der Waals surface area contributed by atoms with Gasteiger partial charge in [-0.3, -0.25) is 5.32 Å². The van der Waals surface area contributed by atoms with Crippen molar-refractivity contribution in [3.8, 4) is 6.07 Å².